The summed E-state index contributed by atoms with van der Waals surface area (Å²) >= 11 is 6.12. The first-order valence-corrected chi connectivity index (χ1v) is 8.78. The van der Waals surface area contributed by atoms with Crippen LogP contribution in [0, 0.1) is 0 Å². The third kappa shape index (κ3) is 2.94. The van der Waals surface area contributed by atoms with Gasteiger partial charge in [-0.25, -0.2) is 0 Å². The molecular weight excluding hydrogens is 330 g/mol. The fourth-order valence-electron chi connectivity index (χ4n) is 3.44. The molecule has 0 spiro atoms. The van der Waals surface area contributed by atoms with E-state index >= 15 is 0 Å². The zero-order valence-corrected chi connectivity index (χ0v) is 14.7. The quantitative estimate of drug-likeness (QED) is 0.528. The Morgan fingerprint density at radius 2 is 1.68 bits per heavy atom. The Kier molecular flexibility index (Phi) is 4.06. The minimum atomic E-state index is -0.151. The van der Waals surface area contributed by atoms with E-state index in [1.54, 1.807) is 12.1 Å². The summed E-state index contributed by atoms with van der Waals surface area (Å²) in [6, 6.07) is 22.0. The minimum Gasteiger partial charge on any atom is -0.345 e. The van der Waals surface area contributed by atoms with Crippen LogP contribution in [0.1, 0.15) is 40.0 Å². The highest BCUT2D eigenvalue weighted by atomic mass is 35.5. The molecule has 0 fully saturated rings. The lowest BCUT2D eigenvalue weighted by Gasteiger charge is -2.16. The van der Waals surface area contributed by atoms with Crippen LogP contribution < -0.4 is 5.32 Å². The van der Waals surface area contributed by atoms with Crippen LogP contribution in [-0.4, -0.2) is 5.91 Å². The maximum Gasteiger partial charge on any atom is 0.253 e. The predicted molar refractivity (Wildman–Crippen MR) is 102 cm³/mol. The van der Waals surface area contributed by atoms with E-state index < -0.39 is 0 Å². The first kappa shape index (κ1) is 15.9. The van der Waals surface area contributed by atoms with Gasteiger partial charge in [-0.2, -0.15) is 0 Å². The zero-order chi connectivity index (χ0) is 17.4. The van der Waals surface area contributed by atoms with Gasteiger partial charge in [0.1, 0.15) is 0 Å². The number of fused-ring (bicyclic) bond motifs is 3. The Morgan fingerprint density at radius 1 is 0.960 bits per heavy atom. The fourth-order valence-corrected chi connectivity index (χ4v) is 3.66. The number of halogens is 1. The van der Waals surface area contributed by atoms with E-state index in [9.17, 15) is 4.79 Å². The first-order chi connectivity index (χ1) is 12.1. The molecule has 0 bridgehead atoms. The lowest BCUT2D eigenvalue weighted by atomic mass is 10.00. The molecule has 2 nitrogen and oxygen atoms in total. The second-order valence-corrected chi connectivity index (χ2v) is 6.83. The Morgan fingerprint density at radius 3 is 2.52 bits per heavy atom. The molecule has 1 amide bonds. The summed E-state index contributed by atoms with van der Waals surface area (Å²) < 4.78 is 0. The largest absolute Gasteiger partial charge is 0.345 e. The molecule has 1 aliphatic carbocycles. The van der Waals surface area contributed by atoms with Crippen LogP contribution in [0.4, 0.5) is 0 Å². The Labute approximate surface area is 152 Å². The lowest BCUT2D eigenvalue weighted by molar-refractivity contribution is 0.0940. The summed E-state index contributed by atoms with van der Waals surface area (Å²) in [5.74, 6) is -0.151. The molecule has 124 valence electrons. The van der Waals surface area contributed by atoms with Crippen molar-refractivity contribution in [3.8, 4) is 11.1 Å². The molecule has 0 saturated heterocycles. The fraction of sp³-hybridized carbons (Fsp3) is 0.136. The van der Waals surface area contributed by atoms with Crippen molar-refractivity contribution in [2.75, 3.05) is 0 Å². The van der Waals surface area contributed by atoms with Gasteiger partial charge in [-0.05, 0) is 53.3 Å². The topological polar surface area (TPSA) is 29.1 Å². The normalized spacial score (nSPS) is 13.0. The van der Waals surface area contributed by atoms with Gasteiger partial charge >= 0.3 is 0 Å². The number of benzene rings is 3. The van der Waals surface area contributed by atoms with Crippen LogP contribution in [0.5, 0.6) is 0 Å². The number of carbonyl (C=O) groups excluding carboxylic acids is 1. The first-order valence-electron chi connectivity index (χ1n) is 8.40. The summed E-state index contributed by atoms with van der Waals surface area (Å²) in [5.41, 5.74) is 6.90. The zero-order valence-electron chi connectivity index (χ0n) is 13.9. The van der Waals surface area contributed by atoms with Gasteiger partial charge < -0.3 is 5.32 Å². The van der Waals surface area contributed by atoms with Crippen molar-refractivity contribution in [3.05, 3.63) is 94.0 Å². The van der Waals surface area contributed by atoms with Crippen molar-refractivity contribution in [1.82, 2.24) is 5.32 Å². The Hall–Kier alpha value is -2.58. The predicted octanol–water partition coefficient (Wildman–Crippen LogP) is 5.40. The van der Waals surface area contributed by atoms with Crippen LogP contribution in [0.2, 0.25) is 5.02 Å². The van der Waals surface area contributed by atoms with Gasteiger partial charge in [0.15, 0.2) is 0 Å². The maximum absolute atomic E-state index is 12.5. The van der Waals surface area contributed by atoms with E-state index in [-0.39, 0.29) is 11.9 Å². The van der Waals surface area contributed by atoms with Crippen LogP contribution in [-0.2, 0) is 6.42 Å². The van der Waals surface area contributed by atoms with Gasteiger partial charge in [-0.3, -0.25) is 4.79 Å². The number of nitrogens with one attached hydrogen (secondary N) is 1. The van der Waals surface area contributed by atoms with Crippen LogP contribution in [0.3, 0.4) is 0 Å². The van der Waals surface area contributed by atoms with Crippen LogP contribution >= 0.6 is 11.6 Å². The van der Waals surface area contributed by atoms with Crippen LogP contribution in [0.15, 0.2) is 66.7 Å². The summed E-state index contributed by atoms with van der Waals surface area (Å²) in [7, 11) is 0. The monoisotopic (exact) mass is 347 g/mol. The molecule has 3 aromatic rings. The molecule has 25 heavy (non-hydrogen) atoms. The SMILES string of the molecule is C[C@H](NC(=O)c1ccccc1Cl)c1ccc2c(c1)Cc1ccccc1-2. The van der Waals surface area contributed by atoms with Gasteiger partial charge in [-0.1, -0.05) is 66.2 Å². The summed E-state index contributed by atoms with van der Waals surface area (Å²) in [6.07, 6.45) is 0.949. The van der Waals surface area contributed by atoms with E-state index in [1.165, 1.54) is 22.3 Å². The summed E-state index contributed by atoms with van der Waals surface area (Å²) in [6.45, 7) is 2.00. The van der Waals surface area contributed by atoms with Gasteiger partial charge in [0.25, 0.3) is 5.91 Å². The van der Waals surface area contributed by atoms with Gasteiger partial charge in [-0.15, -0.1) is 0 Å². The van der Waals surface area contributed by atoms with Crippen molar-refractivity contribution < 1.29 is 4.79 Å². The summed E-state index contributed by atoms with van der Waals surface area (Å²) in [5, 5.41) is 3.51. The van der Waals surface area contributed by atoms with Gasteiger partial charge in [0, 0.05) is 0 Å². The molecule has 0 unspecified atom stereocenters. The van der Waals surface area contributed by atoms with Crippen molar-refractivity contribution in [2.45, 2.75) is 19.4 Å². The number of rotatable bonds is 3. The Bertz CT molecular complexity index is 964. The standard InChI is InChI=1S/C22H18ClNO/c1-14(24-22(25)20-8-4-5-9-21(20)23)15-10-11-19-17(12-15)13-16-6-2-3-7-18(16)19/h2-12,14H,13H2,1H3,(H,24,25)/t14-/m0/s1. The van der Waals surface area contributed by atoms with Gasteiger partial charge in [0.05, 0.1) is 16.6 Å². The lowest BCUT2D eigenvalue weighted by Crippen LogP contribution is -2.26. The molecule has 0 saturated carbocycles. The molecule has 3 aromatic carbocycles. The number of carbonyl (C=O) groups is 1. The maximum atomic E-state index is 12.5. The van der Waals surface area contributed by atoms with E-state index in [0.29, 0.717) is 10.6 Å². The molecule has 1 N–H and O–H groups in total. The average molecular weight is 348 g/mol. The van der Waals surface area contributed by atoms with Gasteiger partial charge in [0.2, 0.25) is 0 Å². The molecule has 0 aliphatic heterocycles. The molecule has 0 heterocycles. The Balaban J connectivity index is 1.56. The highest BCUT2D eigenvalue weighted by molar-refractivity contribution is 6.33. The molecule has 1 atom stereocenters. The van der Waals surface area contributed by atoms with E-state index in [4.69, 9.17) is 11.6 Å². The smallest absolute Gasteiger partial charge is 0.253 e. The molecular formula is C22H18ClNO. The van der Waals surface area contributed by atoms with Crippen molar-refractivity contribution in [3.63, 3.8) is 0 Å². The van der Waals surface area contributed by atoms with E-state index in [2.05, 4.69) is 47.8 Å². The second kappa shape index (κ2) is 6.38. The highest BCUT2D eigenvalue weighted by Crippen LogP contribution is 2.37. The molecule has 0 aromatic heterocycles. The number of hydrogen-bond acceptors (Lipinski definition) is 1. The van der Waals surface area contributed by atoms with Crippen molar-refractivity contribution in [1.29, 1.82) is 0 Å². The average Bonchev–Trinajstić information content (AvgIpc) is 2.99. The number of hydrogen-bond donors (Lipinski definition) is 1. The van der Waals surface area contributed by atoms with Crippen molar-refractivity contribution >= 4 is 17.5 Å². The summed E-state index contributed by atoms with van der Waals surface area (Å²) in [4.78, 5) is 12.5. The molecule has 1 aliphatic rings. The van der Waals surface area contributed by atoms with Crippen molar-refractivity contribution in [2.24, 2.45) is 0 Å². The minimum absolute atomic E-state index is 0.0854. The molecule has 3 heteroatoms. The highest BCUT2D eigenvalue weighted by Gasteiger charge is 2.20. The second-order valence-electron chi connectivity index (χ2n) is 6.43. The third-order valence-corrected chi connectivity index (χ3v) is 5.11. The molecule has 4 rings (SSSR count). The van der Waals surface area contributed by atoms with Crippen LogP contribution in [0.25, 0.3) is 11.1 Å². The molecule has 0 radical (unpaired) electrons. The third-order valence-electron chi connectivity index (χ3n) is 4.78. The van der Waals surface area contributed by atoms with E-state index in [1.807, 2.05) is 19.1 Å². The van der Waals surface area contributed by atoms with E-state index in [0.717, 1.165) is 12.0 Å². The number of amides is 1.